The molecule has 0 radical (unpaired) electrons. The van der Waals surface area contributed by atoms with Crippen LogP contribution in [0.5, 0.6) is 11.6 Å². The molecule has 3 aromatic rings. The highest BCUT2D eigenvalue weighted by molar-refractivity contribution is 5.98. The SMILES string of the molecule is CC(NC(=O)c1c(C(F)F)nn(C)c1Oc1cccc(C(F)F)c1)c1ccc(C(=O)O)cc1. The highest BCUT2D eigenvalue weighted by Crippen LogP contribution is 2.34. The van der Waals surface area contributed by atoms with E-state index in [1.807, 2.05) is 0 Å². The van der Waals surface area contributed by atoms with E-state index in [0.29, 0.717) is 5.56 Å². The molecule has 0 fully saturated rings. The second kappa shape index (κ2) is 9.72. The molecule has 0 saturated heterocycles. The van der Waals surface area contributed by atoms with Crippen LogP contribution < -0.4 is 10.1 Å². The van der Waals surface area contributed by atoms with Crippen LogP contribution in [-0.2, 0) is 7.05 Å². The van der Waals surface area contributed by atoms with E-state index in [4.69, 9.17) is 9.84 Å². The van der Waals surface area contributed by atoms with Gasteiger partial charge in [-0.15, -0.1) is 0 Å². The van der Waals surface area contributed by atoms with Gasteiger partial charge in [0.1, 0.15) is 17.0 Å². The molecule has 11 heteroatoms. The number of benzene rings is 2. The Hall–Kier alpha value is -3.89. The Morgan fingerprint density at radius 2 is 1.70 bits per heavy atom. The number of carboxylic acid groups (broad SMARTS) is 1. The maximum absolute atomic E-state index is 13.6. The van der Waals surface area contributed by atoms with Crippen molar-refractivity contribution in [3.8, 4) is 11.6 Å². The summed E-state index contributed by atoms with van der Waals surface area (Å²) in [6.07, 6.45) is -5.88. The summed E-state index contributed by atoms with van der Waals surface area (Å²) in [5.41, 5.74) is -1.13. The number of amides is 1. The zero-order valence-corrected chi connectivity index (χ0v) is 17.4. The van der Waals surface area contributed by atoms with E-state index in [0.717, 1.165) is 10.7 Å². The molecule has 0 aliphatic rings. The fourth-order valence-electron chi connectivity index (χ4n) is 3.10. The number of aromatic carboxylic acids is 1. The van der Waals surface area contributed by atoms with Crippen molar-refractivity contribution in [1.82, 2.24) is 15.1 Å². The van der Waals surface area contributed by atoms with Gasteiger partial charge in [-0.2, -0.15) is 5.10 Å². The van der Waals surface area contributed by atoms with E-state index in [9.17, 15) is 27.2 Å². The summed E-state index contributed by atoms with van der Waals surface area (Å²) < 4.78 is 59.6. The molecule has 0 spiro atoms. The highest BCUT2D eigenvalue weighted by Gasteiger charge is 2.30. The van der Waals surface area contributed by atoms with Crippen molar-refractivity contribution in [3.05, 3.63) is 76.5 Å². The summed E-state index contributed by atoms with van der Waals surface area (Å²) in [6.45, 7) is 1.58. The second-order valence-electron chi connectivity index (χ2n) is 7.09. The van der Waals surface area contributed by atoms with E-state index in [-0.39, 0.29) is 22.8 Å². The summed E-state index contributed by atoms with van der Waals surface area (Å²) in [5.74, 6) is -2.47. The monoisotopic (exact) mass is 465 g/mol. The smallest absolute Gasteiger partial charge is 0.335 e. The molecule has 1 unspecified atom stereocenters. The molecular weight excluding hydrogens is 446 g/mol. The maximum Gasteiger partial charge on any atom is 0.335 e. The quantitative estimate of drug-likeness (QED) is 0.442. The van der Waals surface area contributed by atoms with Crippen molar-refractivity contribution < 1.29 is 37.0 Å². The van der Waals surface area contributed by atoms with Gasteiger partial charge in [0.15, 0.2) is 0 Å². The predicted octanol–water partition coefficient (Wildman–Crippen LogP) is 5.28. The van der Waals surface area contributed by atoms with Crippen molar-refractivity contribution >= 4 is 11.9 Å². The minimum absolute atomic E-state index is 0.0474. The maximum atomic E-state index is 13.6. The van der Waals surface area contributed by atoms with Crippen molar-refractivity contribution in [1.29, 1.82) is 0 Å². The number of aryl methyl sites for hydroxylation is 1. The number of nitrogens with zero attached hydrogens (tertiary/aromatic N) is 2. The number of nitrogens with one attached hydrogen (secondary N) is 1. The first-order valence-electron chi connectivity index (χ1n) is 9.63. The molecule has 2 N–H and O–H groups in total. The van der Waals surface area contributed by atoms with E-state index in [1.54, 1.807) is 6.92 Å². The number of aromatic nitrogens is 2. The summed E-state index contributed by atoms with van der Waals surface area (Å²) in [5, 5.41) is 15.2. The molecule has 1 atom stereocenters. The minimum Gasteiger partial charge on any atom is -0.478 e. The van der Waals surface area contributed by atoms with Crippen LogP contribution in [0.4, 0.5) is 17.6 Å². The zero-order chi connectivity index (χ0) is 24.3. The number of hydrogen-bond donors (Lipinski definition) is 2. The number of alkyl halides is 4. The summed E-state index contributed by atoms with van der Waals surface area (Å²) >= 11 is 0. The molecular formula is C22H19F4N3O4. The molecule has 1 aromatic heterocycles. The van der Waals surface area contributed by atoms with Gasteiger partial charge < -0.3 is 15.2 Å². The molecule has 0 saturated carbocycles. The lowest BCUT2D eigenvalue weighted by molar-refractivity contribution is 0.0696. The number of hydrogen-bond acceptors (Lipinski definition) is 4. The Balaban J connectivity index is 1.91. The average molecular weight is 465 g/mol. The van der Waals surface area contributed by atoms with Crippen LogP contribution in [0, 0.1) is 0 Å². The number of carbonyl (C=O) groups is 2. The Morgan fingerprint density at radius 3 is 2.27 bits per heavy atom. The van der Waals surface area contributed by atoms with Crippen molar-refractivity contribution in [2.45, 2.75) is 25.8 Å². The Kier molecular flexibility index (Phi) is 7.00. The largest absolute Gasteiger partial charge is 0.478 e. The van der Waals surface area contributed by atoms with Crippen molar-refractivity contribution in [2.24, 2.45) is 7.05 Å². The fraction of sp³-hybridized carbons (Fsp3) is 0.227. The lowest BCUT2D eigenvalue weighted by Gasteiger charge is -2.16. The first kappa shape index (κ1) is 23.8. The molecule has 3 rings (SSSR count). The zero-order valence-electron chi connectivity index (χ0n) is 17.4. The Labute approximate surface area is 185 Å². The van der Waals surface area contributed by atoms with Gasteiger partial charge in [-0.05, 0) is 36.8 Å². The molecule has 0 aliphatic heterocycles. The van der Waals surface area contributed by atoms with Gasteiger partial charge in [0.05, 0.1) is 11.6 Å². The van der Waals surface area contributed by atoms with Gasteiger partial charge >= 0.3 is 5.97 Å². The van der Waals surface area contributed by atoms with Gasteiger partial charge in [-0.3, -0.25) is 4.79 Å². The van der Waals surface area contributed by atoms with Crippen LogP contribution in [0.15, 0.2) is 48.5 Å². The number of rotatable bonds is 8. The van der Waals surface area contributed by atoms with E-state index in [1.165, 1.54) is 49.5 Å². The van der Waals surface area contributed by atoms with Crippen molar-refractivity contribution in [2.75, 3.05) is 0 Å². The first-order chi connectivity index (χ1) is 15.6. The lowest BCUT2D eigenvalue weighted by Crippen LogP contribution is -2.27. The number of carbonyl (C=O) groups excluding carboxylic acids is 1. The average Bonchev–Trinajstić information content (AvgIpc) is 3.10. The number of carboxylic acids is 1. The van der Waals surface area contributed by atoms with Crippen LogP contribution in [0.1, 0.15) is 63.4 Å². The summed E-state index contributed by atoms with van der Waals surface area (Å²) in [6, 6.07) is 9.85. The third kappa shape index (κ3) is 5.30. The van der Waals surface area contributed by atoms with Crippen molar-refractivity contribution in [3.63, 3.8) is 0 Å². The van der Waals surface area contributed by atoms with Gasteiger partial charge in [-0.1, -0.05) is 24.3 Å². The van der Waals surface area contributed by atoms with Crippen LogP contribution in [0.3, 0.4) is 0 Å². The molecule has 174 valence electrons. The predicted molar refractivity (Wildman–Crippen MR) is 109 cm³/mol. The van der Waals surface area contributed by atoms with E-state index >= 15 is 0 Å². The fourth-order valence-corrected chi connectivity index (χ4v) is 3.10. The van der Waals surface area contributed by atoms with Crippen LogP contribution in [0.2, 0.25) is 0 Å². The molecule has 33 heavy (non-hydrogen) atoms. The van der Waals surface area contributed by atoms with E-state index in [2.05, 4.69) is 10.4 Å². The third-order valence-electron chi connectivity index (χ3n) is 4.79. The van der Waals surface area contributed by atoms with Crippen LogP contribution >= 0.6 is 0 Å². The summed E-state index contributed by atoms with van der Waals surface area (Å²) in [4.78, 5) is 23.9. The van der Waals surface area contributed by atoms with Gasteiger partial charge in [-0.25, -0.2) is 27.0 Å². The number of ether oxygens (including phenoxy) is 1. The summed E-state index contributed by atoms with van der Waals surface area (Å²) in [7, 11) is 1.28. The molecule has 0 aliphatic carbocycles. The topological polar surface area (TPSA) is 93.5 Å². The molecule has 2 aromatic carbocycles. The minimum atomic E-state index is -3.10. The van der Waals surface area contributed by atoms with Crippen LogP contribution in [-0.4, -0.2) is 26.8 Å². The molecule has 1 heterocycles. The van der Waals surface area contributed by atoms with E-state index < -0.39 is 42.0 Å². The molecule has 1 amide bonds. The normalized spacial score (nSPS) is 12.1. The standard InChI is InChI=1S/C22H19F4N3O4/c1-11(12-6-8-13(9-7-12)22(31)32)27-20(30)16-17(19(25)26)28-29(2)21(16)33-15-5-3-4-14(10-15)18(23)24/h3-11,18-19H,1-2H3,(H,27,30)(H,31,32). The third-order valence-corrected chi connectivity index (χ3v) is 4.79. The molecule has 7 nitrogen and oxygen atoms in total. The highest BCUT2D eigenvalue weighted by atomic mass is 19.3. The second-order valence-corrected chi connectivity index (χ2v) is 7.09. The molecule has 0 bridgehead atoms. The van der Waals surface area contributed by atoms with Crippen LogP contribution in [0.25, 0.3) is 0 Å². The van der Waals surface area contributed by atoms with Gasteiger partial charge in [0, 0.05) is 12.6 Å². The van der Waals surface area contributed by atoms with Gasteiger partial charge in [0.25, 0.3) is 18.8 Å². The lowest BCUT2D eigenvalue weighted by atomic mass is 10.1. The number of halogens is 4. The Bertz CT molecular complexity index is 1160. The van der Waals surface area contributed by atoms with Gasteiger partial charge in [0.2, 0.25) is 5.88 Å². The first-order valence-corrected chi connectivity index (χ1v) is 9.63. The Morgan fingerprint density at radius 1 is 1.03 bits per heavy atom.